The van der Waals surface area contributed by atoms with Crippen molar-refractivity contribution in [1.29, 1.82) is 0 Å². The summed E-state index contributed by atoms with van der Waals surface area (Å²) in [5.41, 5.74) is 2.86. The number of carbonyl (C=O) groups excluding carboxylic acids is 2. The molecular formula is C20H25N7O2S2. The van der Waals surface area contributed by atoms with Gasteiger partial charge in [0.1, 0.15) is 10.8 Å². The molecule has 9 nitrogen and oxygen atoms in total. The van der Waals surface area contributed by atoms with Crippen molar-refractivity contribution in [3.63, 3.8) is 0 Å². The summed E-state index contributed by atoms with van der Waals surface area (Å²) in [7, 11) is 1.78. The monoisotopic (exact) mass is 459 g/mol. The molecular weight excluding hydrogens is 434 g/mol. The van der Waals surface area contributed by atoms with Crippen LogP contribution >= 0.6 is 23.1 Å². The Balaban J connectivity index is 1.53. The van der Waals surface area contributed by atoms with E-state index in [1.165, 1.54) is 23.1 Å². The van der Waals surface area contributed by atoms with Gasteiger partial charge in [0.2, 0.25) is 16.9 Å². The zero-order valence-electron chi connectivity index (χ0n) is 18.1. The maximum absolute atomic E-state index is 12.5. The third-order valence-corrected chi connectivity index (χ3v) is 6.58. The number of carbonyl (C=O) groups is 2. The molecule has 0 saturated heterocycles. The SMILES string of the molecule is Cc1ccc(C)c(NC(=O)Cc2nnc(SCC(=O)Nc3nnc(C(C)C)s3)n2C)c1. The van der Waals surface area contributed by atoms with Gasteiger partial charge >= 0.3 is 0 Å². The molecule has 0 aliphatic rings. The van der Waals surface area contributed by atoms with Gasteiger partial charge < -0.3 is 9.88 Å². The molecule has 3 aromatic rings. The van der Waals surface area contributed by atoms with Crippen molar-refractivity contribution in [1.82, 2.24) is 25.0 Å². The second kappa shape index (κ2) is 10.0. The lowest BCUT2D eigenvalue weighted by Crippen LogP contribution is -2.18. The van der Waals surface area contributed by atoms with E-state index in [2.05, 4.69) is 31.0 Å². The molecule has 0 saturated carbocycles. The highest BCUT2D eigenvalue weighted by Crippen LogP contribution is 2.23. The fraction of sp³-hybridized carbons (Fsp3) is 0.400. The smallest absolute Gasteiger partial charge is 0.236 e. The van der Waals surface area contributed by atoms with Gasteiger partial charge in [0.25, 0.3) is 0 Å². The van der Waals surface area contributed by atoms with E-state index in [1.807, 2.05) is 45.9 Å². The predicted octanol–water partition coefficient (Wildman–Crippen LogP) is 3.32. The minimum atomic E-state index is -0.200. The molecule has 11 heteroatoms. The van der Waals surface area contributed by atoms with Crippen LogP contribution in [-0.4, -0.2) is 42.5 Å². The van der Waals surface area contributed by atoms with Gasteiger partial charge in [0.05, 0.1) is 12.2 Å². The second-order valence-corrected chi connectivity index (χ2v) is 9.39. The van der Waals surface area contributed by atoms with E-state index >= 15 is 0 Å². The number of anilines is 2. The minimum Gasteiger partial charge on any atom is -0.325 e. The molecule has 0 aliphatic heterocycles. The third kappa shape index (κ3) is 6.11. The number of hydrogen-bond acceptors (Lipinski definition) is 8. The Morgan fingerprint density at radius 3 is 2.58 bits per heavy atom. The first kappa shape index (κ1) is 22.9. The van der Waals surface area contributed by atoms with Crippen LogP contribution in [-0.2, 0) is 23.1 Å². The topological polar surface area (TPSA) is 115 Å². The summed E-state index contributed by atoms with van der Waals surface area (Å²) in [5.74, 6) is 0.569. The molecule has 0 radical (unpaired) electrons. The highest BCUT2D eigenvalue weighted by Gasteiger charge is 2.16. The van der Waals surface area contributed by atoms with Crippen LogP contribution < -0.4 is 10.6 Å². The summed E-state index contributed by atoms with van der Waals surface area (Å²) in [6, 6.07) is 5.91. The summed E-state index contributed by atoms with van der Waals surface area (Å²) in [6.45, 7) is 7.97. The Morgan fingerprint density at radius 2 is 1.87 bits per heavy atom. The molecule has 0 bridgehead atoms. The Labute approximate surface area is 189 Å². The van der Waals surface area contributed by atoms with Gasteiger partial charge in [-0.2, -0.15) is 0 Å². The zero-order valence-corrected chi connectivity index (χ0v) is 19.7. The standard InChI is InChI=1S/C20H25N7O2S2/c1-11(2)18-24-25-19(31-18)22-17(29)10-30-20-26-23-15(27(20)5)9-16(28)21-14-8-12(3)6-7-13(14)4/h6-8,11H,9-10H2,1-5H3,(H,21,28)(H,22,25,29). The van der Waals surface area contributed by atoms with Crippen LogP contribution in [0.3, 0.4) is 0 Å². The van der Waals surface area contributed by atoms with E-state index in [0.29, 0.717) is 16.1 Å². The summed E-state index contributed by atoms with van der Waals surface area (Å²) in [4.78, 5) is 24.7. The number of nitrogens with one attached hydrogen (secondary N) is 2. The van der Waals surface area contributed by atoms with E-state index < -0.39 is 0 Å². The average Bonchev–Trinajstić information content (AvgIpc) is 3.31. The number of nitrogens with zero attached hydrogens (tertiary/aromatic N) is 5. The van der Waals surface area contributed by atoms with Crippen molar-refractivity contribution in [2.24, 2.45) is 7.05 Å². The fourth-order valence-corrected chi connectivity index (χ4v) is 4.13. The van der Waals surface area contributed by atoms with Crippen LogP contribution in [0.15, 0.2) is 23.4 Å². The van der Waals surface area contributed by atoms with E-state index in [4.69, 9.17) is 0 Å². The Morgan fingerprint density at radius 1 is 1.10 bits per heavy atom. The molecule has 3 rings (SSSR count). The van der Waals surface area contributed by atoms with Crippen molar-refractivity contribution in [3.05, 3.63) is 40.2 Å². The highest BCUT2D eigenvalue weighted by atomic mass is 32.2. The van der Waals surface area contributed by atoms with Crippen molar-refractivity contribution >= 4 is 45.7 Å². The van der Waals surface area contributed by atoms with Gasteiger partial charge in [-0.1, -0.05) is 49.1 Å². The third-order valence-electron chi connectivity index (χ3n) is 4.42. The van der Waals surface area contributed by atoms with Crippen LogP contribution in [0.4, 0.5) is 10.8 Å². The molecule has 0 atom stereocenters. The van der Waals surface area contributed by atoms with Gasteiger partial charge in [-0.05, 0) is 31.0 Å². The lowest BCUT2D eigenvalue weighted by molar-refractivity contribution is -0.116. The number of amides is 2. The summed E-state index contributed by atoms with van der Waals surface area (Å²) >= 11 is 2.61. The molecule has 31 heavy (non-hydrogen) atoms. The lowest BCUT2D eigenvalue weighted by atomic mass is 10.1. The zero-order chi connectivity index (χ0) is 22.5. The van der Waals surface area contributed by atoms with E-state index in [-0.39, 0.29) is 29.9 Å². The van der Waals surface area contributed by atoms with Gasteiger partial charge in [-0.3, -0.25) is 14.9 Å². The molecule has 0 fully saturated rings. The fourth-order valence-electron chi connectivity index (χ4n) is 2.64. The van der Waals surface area contributed by atoms with Gasteiger partial charge in [0.15, 0.2) is 5.16 Å². The molecule has 2 amide bonds. The first-order valence-corrected chi connectivity index (χ1v) is 11.5. The van der Waals surface area contributed by atoms with Crippen LogP contribution in [0.5, 0.6) is 0 Å². The number of aryl methyl sites for hydroxylation is 2. The number of hydrogen-bond donors (Lipinski definition) is 2. The Hall–Kier alpha value is -2.79. The molecule has 2 aromatic heterocycles. The lowest BCUT2D eigenvalue weighted by Gasteiger charge is -2.09. The number of aromatic nitrogens is 5. The average molecular weight is 460 g/mol. The minimum absolute atomic E-state index is 0.0897. The Bertz CT molecular complexity index is 1090. The van der Waals surface area contributed by atoms with E-state index in [0.717, 1.165) is 21.8 Å². The highest BCUT2D eigenvalue weighted by molar-refractivity contribution is 7.99. The van der Waals surface area contributed by atoms with Crippen LogP contribution in [0.25, 0.3) is 0 Å². The van der Waals surface area contributed by atoms with E-state index in [9.17, 15) is 9.59 Å². The first-order chi connectivity index (χ1) is 14.7. The summed E-state index contributed by atoms with van der Waals surface area (Å²) in [5, 5.41) is 23.8. The summed E-state index contributed by atoms with van der Waals surface area (Å²) < 4.78 is 1.72. The van der Waals surface area contributed by atoms with Crippen LogP contribution in [0.2, 0.25) is 0 Å². The molecule has 0 spiro atoms. The number of rotatable bonds is 8. The number of thioether (sulfide) groups is 1. The van der Waals surface area contributed by atoms with Gasteiger partial charge in [-0.15, -0.1) is 20.4 Å². The maximum Gasteiger partial charge on any atom is 0.236 e. The molecule has 164 valence electrons. The van der Waals surface area contributed by atoms with Crippen molar-refractivity contribution in [2.75, 3.05) is 16.4 Å². The molecule has 2 N–H and O–H groups in total. The normalized spacial score (nSPS) is 11.0. The number of benzene rings is 1. The van der Waals surface area contributed by atoms with Gasteiger partial charge in [0, 0.05) is 18.7 Å². The first-order valence-electron chi connectivity index (χ1n) is 9.74. The predicted molar refractivity (Wildman–Crippen MR) is 123 cm³/mol. The van der Waals surface area contributed by atoms with Crippen molar-refractivity contribution in [3.8, 4) is 0 Å². The second-order valence-electron chi connectivity index (χ2n) is 7.44. The van der Waals surface area contributed by atoms with Crippen molar-refractivity contribution in [2.45, 2.75) is 45.2 Å². The molecule has 0 unspecified atom stereocenters. The van der Waals surface area contributed by atoms with Crippen LogP contribution in [0.1, 0.15) is 41.7 Å². The summed E-state index contributed by atoms with van der Waals surface area (Å²) in [6.07, 6.45) is 0.0897. The Kier molecular flexibility index (Phi) is 7.39. The van der Waals surface area contributed by atoms with E-state index in [1.54, 1.807) is 11.6 Å². The molecule has 0 aliphatic carbocycles. The molecule has 2 heterocycles. The van der Waals surface area contributed by atoms with Crippen molar-refractivity contribution < 1.29 is 9.59 Å². The van der Waals surface area contributed by atoms with Gasteiger partial charge in [-0.25, -0.2) is 0 Å². The largest absolute Gasteiger partial charge is 0.325 e. The quantitative estimate of drug-likeness (QED) is 0.497. The molecule has 1 aromatic carbocycles. The maximum atomic E-state index is 12.5. The van der Waals surface area contributed by atoms with Crippen LogP contribution in [0, 0.1) is 13.8 Å².